The summed E-state index contributed by atoms with van der Waals surface area (Å²) in [5.41, 5.74) is 0.638. The van der Waals surface area contributed by atoms with Crippen LogP contribution in [0.15, 0.2) is 16.6 Å². The zero-order valence-electron chi connectivity index (χ0n) is 8.88. The van der Waals surface area contributed by atoms with E-state index in [2.05, 4.69) is 15.9 Å². The molecule has 1 saturated carbocycles. The lowest BCUT2D eigenvalue weighted by Gasteiger charge is -2.35. The van der Waals surface area contributed by atoms with E-state index in [1.165, 1.54) is 0 Å². The van der Waals surface area contributed by atoms with Crippen molar-refractivity contribution in [1.29, 1.82) is 0 Å². The summed E-state index contributed by atoms with van der Waals surface area (Å²) in [4.78, 5) is 11.4. The molecule has 1 fully saturated rings. The van der Waals surface area contributed by atoms with Crippen LogP contribution in [0.25, 0.3) is 0 Å². The van der Waals surface area contributed by atoms with E-state index >= 15 is 0 Å². The summed E-state index contributed by atoms with van der Waals surface area (Å²) in [6.45, 7) is 1.54. The number of benzene rings is 1. The van der Waals surface area contributed by atoms with E-state index < -0.39 is 5.79 Å². The minimum atomic E-state index is -0.433. The Labute approximate surface area is 102 Å². The second kappa shape index (κ2) is 3.23. The Hall–Kier alpha value is -1.03. The zero-order chi connectivity index (χ0) is 11.3. The molecule has 0 N–H and O–H groups in total. The molecule has 2 aliphatic rings. The second-order valence-electron chi connectivity index (χ2n) is 4.30. The van der Waals surface area contributed by atoms with Gasteiger partial charge in [-0.3, -0.25) is 4.79 Å². The highest BCUT2D eigenvalue weighted by Gasteiger charge is 2.47. The van der Waals surface area contributed by atoms with Gasteiger partial charge in [0.25, 0.3) is 5.79 Å². The summed E-state index contributed by atoms with van der Waals surface area (Å²) in [5, 5.41) is 0. The van der Waals surface area contributed by atoms with Crippen LogP contribution in [-0.2, 0) is 0 Å². The van der Waals surface area contributed by atoms with Gasteiger partial charge >= 0.3 is 0 Å². The summed E-state index contributed by atoms with van der Waals surface area (Å²) >= 11 is 3.37. The van der Waals surface area contributed by atoms with Crippen LogP contribution in [0.3, 0.4) is 0 Å². The molecule has 1 spiro atoms. The summed E-state index contributed by atoms with van der Waals surface area (Å²) in [5.74, 6) is 1.01. The Balaban J connectivity index is 2.02. The first-order valence-corrected chi connectivity index (χ1v) is 6.11. The van der Waals surface area contributed by atoms with E-state index in [1.54, 1.807) is 13.0 Å². The lowest BCUT2D eigenvalue weighted by atomic mass is 9.91. The highest BCUT2D eigenvalue weighted by atomic mass is 79.9. The Morgan fingerprint density at radius 1 is 1.31 bits per heavy atom. The molecule has 0 unspecified atom stereocenters. The minimum Gasteiger partial charge on any atom is -0.448 e. The number of halogens is 1. The van der Waals surface area contributed by atoms with Gasteiger partial charge in [0.05, 0.1) is 0 Å². The van der Waals surface area contributed by atoms with Crippen LogP contribution in [0.4, 0.5) is 0 Å². The van der Waals surface area contributed by atoms with Crippen molar-refractivity contribution in [2.45, 2.75) is 32.0 Å². The molecule has 0 atom stereocenters. The van der Waals surface area contributed by atoms with Crippen molar-refractivity contribution >= 4 is 21.7 Å². The topological polar surface area (TPSA) is 35.5 Å². The van der Waals surface area contributed by atoms with Gasteiger partial charge in [-0.1, -0.05) is 0 Å². The third kappa shape index (κ3) is 1.36. The number of hydrogen-bond donors (Lipinski definition) is 0. The number of carbonyl (C=O) groups is 1. The van der Waals surface area contributed by atoms with Gasteiger partial charge in [-0.15, -0.1) is 0 Å². The first kappa shape index (κ1) is 10.1. The van der Waals surface area contributed by atoms with E-state index in [9.17, 15) is 4.79 Å². The van der Waals surface area contributed by atoms with Gasteiger partial charge in [0, 0.05) is 22.9 Å². The van der Waals surface area contributed by atoms with Crippen molar-refractivity contribution in [2.75, 3.05) is 0 Å². The Morgan fingerprint density at radius 2 is 1.94 bits per heavy atom. The normalized spacial score (nSPS) is 19.6. The molecule has 0 bridgehead atoms. The Morgan fingerprint density at radius 3 is 2.44 bits per heavy atom. The maximum Gasteiger partial charge on any atom is 0.251 e. The van der Waals surface area contributed by atoms with E-state index in [0.29, 0.717) is 11.3 Å². The van der Waals surface area contributed by atoms with Gasteiger partial charge in [-0.25, -0.2) is 0 Å². The zero-order valence-corrected chi connectivity index (χ0v) is 10.5. The van der Waals surface area contributed by atoms with E-state index in [0.717, 1.165) is 29.5 Å². The van der Waals surface area contributed by atoms with Gasteiger partial charge < -0.3 is 9.47 Å². The van der Waals surface area contributed by atoms with Crippen molar-refractivity contribution in [3.63, 3.8) is 0 Å². The smallest absolute Gasteiger partial charge is 0.251 e. The number of carbonyl (C=O) groups excluding carboxylic acids is 1. The number of fused-ring (bicyclic) bond motifs is 1. The molecular formula is C12H11BrO3. The molecule has 3 nitrogen and oxygen atoms in total. The molecule has 1 heterocycles. The lowest BCUT2D eigenvalue weighted by Crippen LogP contribution is -2.45. The third-order valence-corrected chi connectivity index (χ3v) is 3.78. The fourth-order valence-corrected chi connectivity index (χ4v) is 2.66. The quantitative estimate of drug-likeness (QED) is 0.742. The standard InChI is InChI=1S/C12H11BrO3/c1-7(14)8-5-10-11(6-9(8)13)16-12(15-10)3-2-4-12/h5-6H,2-4H2,1H3. The van der Waals surface area contributed by atoms with Crippen LogP contribution in [0.2, 0.25) is 0 Å². The average Bonchev–Trinajstić information content (AvgIpc) is 2.54. The number of Topliss-reactive ketones (excluding diaryl/α,β-unsaturated/α-hetero) is 1. The summed E-state index contributed by atoms with van der Waals surface area (Å²) in [6, 6.07) is 3.58. The number of rotatable bonds is 1. The SMILES string of the molecule is CC(=O)c1cc2c(cc1Br)OC1(CCC1)O2. The predicted octanol–water partition coefficient (Wildman–Crippen LogP) is 3.30. The molecule has 0 aromatic heterocycles. The van der Waals surface area contributed by atoms with Gasteiger partial charge in [0.1, 0.15) is 0 Å². The number of hydrogen-bond acceptors (Lipinski definition) is 3. The molecule has 1 aromatic rings. The van der Waals surface area contributed by atoms with Crippen LogP contribution in [0, 0.1) is 0 Å². The third-order valence-electron chi connectivity index (χ3n) is 3.12. The largest absolute Gasteiger partial charge is 0.448 e. The van der Waals surface area contributed by atoms with Gasteiger partial charge in [0.2, 0.25) is 0 Å². The monoisotopic (exact) mass is 282 g/mol. The van der Waals surface area contributed by atoms with E-state index in [1.807, 2.05) is 6.07 Å². The molecule has 0 amide bonds. The number of ketones is 1. The Bertz CT molecular complexity index is 477. The summed E-state index contributed by atoms with van der Waals surface area (Å²) < 4.78 is 12.3. The van der Waals surface area contributed by atoms with Crippen molar-refractivity contribution in [3.05, 3.63) is 22.2 Å². The maximum absolute atomic E-state index is 11.4. The van der Waals surface area contributed by atoms with Crippen LogP contribution >= 0.6 is 15.9 Å². The predicted molar refractivity (Wildman–Crippen MR) is 62.0 cm³/mol. The first-order valence-electron chi connectivity index (χ1n) is 5.32. The van der Waals surface area contributed by atoms with Crippen LogP contribution in [0.5, 0.6) is 11.5 Å². The summed E-state index contributed by atoms with van der Waals surface area (Å²) in [6.07, 6.45) is 2.98. The molecule has 16 heavy (non-hydrogen) atoms. The average molecular weight is 283 g/mol. The van der Waals surface area contributed by atoms with Crippen LogP contribution < -0.4 is 9.47 Å². The van der Waals surface area contributed by atoms with E-state index in [4.69, 9.17) is 9.47 Å². The fraction of sp³-hybridized carbons (Fsp3) is 0.417. The fourth-order valence-electron chi connectivity index (χ4n) is 2.06. The molecule has 1 aromatic carbocycles. The van der Waals surface area contributed by atoms with Crippen molar-refractivity contribution < 1.29 is 14.3 Å². The molecule has 84 valence electrons. The number of ether oxygens (including phenoxy) is 2. The van der Waals surface area contributed by atoms with E-state index in [-0.39, 0.29) is 5.78 Å². The molecule has 4 heteroatoms. The van der Waals surface area contributed by atoms with Crippen LogP contribution in [-0.4, -0.2) is 11.6 Å². The highest BCUT2D eigenvalue weighted by molar-refractivity contribution is 9.10. The minimum absolute atomic E-state index is 0.0211. The van der Waals surface area contributed by atoms with Crippen molar-refractivity contribution in [1.82, 2.24) is 0 Å². The van der Waals surface area contributed by atoms with Crippen molar-refractivity contribution in [3.8, 4) is 11.5 Å². The van der Waals surface area contributed by atoms with Gasteiger partial charge in [0.15, 0.2) is 17.3 Å². The molecule has 0 radical (unpaired) electrons. The first-order chi connectivity index (χ1) is 7.60. The molecule has 3 rings (SSSR count). The lowest BCUT2D eigenvalue weighted by molar-refractivity contribution is -0.138. The van der Waals surface area contributed by atoms with Gasteiger partial charge in [-0.2, -0.15) is 0 Å². The van der Waals surface area contributed by atoms with Gasteiger partial charge in [-0.05, 0) is 41.4 Å². The summed E-state index contributed by atoms with van der Waals surface area (Å²) in [7, 11) is 0. The molecule has 1 aliphatic carbocycles. The molecular weight excluding hydrogens is 272 g/mol. The Kier molecular flexibility index (Phi) is 2.05. The highest BCUT2D eigenvalue weighted by Crippen LogP contribution is 2.49. The van der Waals surface area contributed by atoms with Crippen molar-refractivity contribution in [2.24, 2.45) is 0 Å². The second-order valence-corrected chi connectivity index (χ2v) is 5.16. The molecule has 1 aliphatic heterocycles. The molecule has 0 saturated heterocycles. The van der Waals surface area contributed by atoms with Crippen LogP contribution in [0.1, 0.15) is 36.5 Å². The maximum atomic E-state index is 11.4.